The Balaban J connectivity index is 6.31. The molecule has 0 heterocycles. The van der Waals surface area contributed by atoms with Crippen molar-refractivity contribution >= 4 is 35.6 Å². The van der Waals surface area contributed by atoms with E-state index in [1.807, 2.05) is 0 Å². The third-order valence-corrected chi connectivity index (χ3v) is 17.4. The van der Waals surface area contributed by atoms with Gasteiger partial charge in [0.1, 0.15) is 0 Å². The highest BCUT2D eigenvalue weighted by atomic mass is 31.1. The maximum Gasteiger partial charge on any atom is -0.0111 e. The molecule has 0 radical (unpaired) electrons. The summed E-state index contributed by atoms with van der Waals surface area (Å²) in [5.41, 5.74) is 0. The maximum absolute atomic E-state index is 3.58. The van der Waals surface area contributed by atoms with Crippen LogP contribution in [0.5, 0.6) is 0 Å². The second-order valence-corrected chi connectivity index (χ2v) is 22.1. The number of hydrogen-bond donors (Lipinski definition) is 0. The zero-order valence-corrected chi connectivity index (χ0v) is 37.4. The van der Waals surface area contributed by atoms with E-state index >= 15 is 0 Å². The zero-order valence-electron chi connectivity index (χ0n) is 33.0. The Morgan fingerprint density at radius 2 is 0.457 bits per heavy atom. The Hall–Kier alpha value is 1.72. The van der Waals surface area contributed by atoms with E-state index in [4.69, 9.17) is 0 Å². The van der Waals surface area contributed by atoms with Crippen LogP contribution in [0, 0.1) is 0 Å². The number of unbranched alkanes of at least 4 members (excludes halogenated alkanes) is 18. The molecule has 3 atom stereocenters. The molecular formula is C42H90P4. The van der Waals surface area contributed by atoms with E-state index in [-0.39, 0.29) is 7.92 Å². The van der Waals surface area contributed by atoms with Gasteiger partial charge in [-0.1, -0.05) is 196 Å². The van der Waals surface area contributed by atoms with Gasteiger partial charge in [0.05, 0.1) is 0 Å². The van der Waals surface area contributed by atoms with Gasteiger partial charge in [0.2, 0.25) is 0 Å². The van der Waals surface area contributed by atoms with Gasteiger partial charge in [-0.05, 0) is 72.5 Å². The van der Waals surface area contributed by atoms with Crippen LogP contribution in [0.15, 0.2) is 0 Å². The van der Waals surface area contributed by atoms with E-state index in [0.29, 0.717) is 15.5 Å². The second-order valence-electron chi connectivity index (χ2n) is 16.1. The summed E-state index contributed by atoms with van der Waals surface area (Å²) >= 11 is 0. The monoisotopic (exact) mass is 719 g/mol. The van der Waals surface area contributed by atoms with Crippen LogP contribution in [0.25, 0.3) is 0 Å². The van der Waals surface area contributed by atoms with Gasteiger partial charge in [0, 0.05) is 0 Å². The lowest BCUT2D eigenvalue weighted by atomic mass is 9.94. The Labute approximate surface area is 302 Å². The average molecular weight is 719 g/mol. The first-order chi connectivity index (χ1) is 22.1. The highest BCUT2D eigenvalue weighted by Crippen LogP contribution is 2.55. The van der Waals surface area contributed by atoms with Gasteiger partial charge in [0.15, 0.2) is 0 Å². The molecule has 278 valence electrons. The summed E-state index contributed by atoms with van der Waals surface area (Å²) in [5.74, 6) is 0. The van der Waals surface area contributed by atoms with Crippen molar-refractivity contribution in [2.45, 2.75) is 250 Å². The van der Waals surface area contributed by atoms with Gasteiger partial charge in [-0.2, -0.15) is 0 Å². The lowest BCUT2D eigenvalue weighted by Gasteiger charge is -2.43. The molecule has 4 heteroatoms. The van der Waals surface area contributed by atoms with E-state index in [9.17, 15) is 0 Å². The Kier molecular flexibility index (Phi) is 32.6. The number of hydrogen-bond acceptors (Lipinski definition) is 0. The lowest BCUT2D eigenvalue weighted by Crippen LogP contribution is -2.35. The highest BCUT2D eigenvalue weighted by Gasteiger charge is 2.37. The topological polar surface area (TPSA) is 0 Å². The maximum atomic E-state index is 3.58. The molecule has 0 aliphatic carbocycles. The standard InChI is InChI=1S/C42H90P4/c1-7-13-19-25-31-40(43,32-26-20-14-8-2)37-46(38-41(44,33-27-21-15-9-3)34-28-22-16-10-4)39-42(45,35-29-23-17-11-5)36-30-24-18-12-6/h7-39,43-45H2,1-6H3. The molecule has 0 aromatic heterocycles. The highest BCUT2D eigenvalue weighted by molar-refractivity contribution is 7.59. The number of rotatable bonds is 36. The van der Waals surface area contributed by atoms with E-state index < -0.39 is 0 Å². The fourth-order valence-electron chi connectivity index (χ4n) is 7.78. The van der Waals surface area contributed by atoms with E-state index in [0.717, 1.165) is 0 Å². The zero-order chi connectivity index (χ0) is 34.4. The SMILES string of the molecule is CCCCCCC(P)(CCCCCC)CP(CC(P)(CCCCCC)CCCCCC)CC(P)(CCCCCC)CCCCCC. The minimum atomic E-state index is -0.0337. The van der Waals surface area contributed by atoms with Crippen LogP contribution in [-0.2, 0) is 0 Å². The predicted molar refractivity (Wildman–Crippen MR) is 231 cm³/mol. The van der Waals surface area contributed by atoms with Crippen LogP contribution in [0.1, 0.15) is 234 Å². The normalized spacial score (nSPS) is 12.9. The third-order valence-electron chi connectivity index (χ3n) is 10.8. The van der Waals surface area contributed by atoms with Crippen LogP contribution in [0.2, 0.25) is 0 Å². The van der Waals surface area contributed by atoms with E-state index in [1.54, 1.807) is 0 Å². The van der Waals surface area contributed by atoms with Crippen molar-refractivity contribution in [2.24, 2.45) is 0 Å². The molecule has 0 spiro atoms. The largest absolute Gasteiger partial charge is 0.131 e. The minimum absolute atomic E-state index is 0.0337. The lowest BCUT2D eigenvalue weighted by molar-refractivity contribution is 0.459. The summed E-state index contributed by atoms with van der Waals surface area (Å²) in [5, 5.41) is 1.37. The summed E-state index contributed by atoms with van der Waals surface area (Å²) in [7, 11) is 10.7. The molecule has 0 saturated carbocycles. The molecule has 0 N–H and O–H groups in total. The molecule has 0 aliphatic rings. The molecular weight excluding hydrogens is 628 g/mol. The smallest absolute Gasteiger partial charge is 0.0111 e. The molecule has 0 amide bonds. The summed E-state index contributed by atoms with van der Waals surface area (Å²) in [6.07, 6.45) is 47.0. The van der Waals surface area contributed by atoms with Crippen molar-refractivity contribution < 1.29 is 0 Å². The minimum Gasteiger partial charge on any atom is -0.131 e. The molecule has 46 heavy (non-hydrogen) atoms. The molecule has 0 aromatic carbocycles. The third kappa shape index (κ3) is 26.5. The average Bonchev–Trinajstić information content (AvgIpc) is 3.02. The first kappa shape index (κ1) is 47.7. The Morgan fingerprint density at radius 1 is 0.283 bits per heavy atom. The van der Waals surface area contributed by atoms with E-state index in [2.05, 4.69) is 69.3 Å². The summed E-state index contributed by atoms with van der Waals surface area (Å²) in [6, 6.07) is 0. The quantitative estimate of drug-likeness (QED) is 0.0447. The molecule has 0 bridgehead atoms. The first-order valence-electron chi connectivity index (χ1n) is 21.2. The molecule has 0 saturated heterocycles. The molecule has 0 aliphatic heterocycles. The van der Waals surface area contributed by atoms with Gasteiger partial charge in [-0.25, -0.2) is 0 Å². The van der Waals surface area contributed by atoms with Gasteiger partial charge in [-0.15, -0.1) is 35.6 Å². The van der Waals surface area contributed by atoms with Crippen molar-refractivity contribution in [3.63, 3.8) is 0 Å². The van der Waals surface area contributed by atoms with Gasteiger partial charge in [-0.3, -0.25) is 0 Å². The molecule has 0 aromatic rings. The fraction of sp³-hybridized carbons (Fsp3) is 1.00. The Bertz CT molecular complexity index is 514. The van der Waals surface area contributed by atoms with E-state index in [1.165, 1.54) is 211 Å². The summed E-state index contributed by atoms with van der Waals surface area (Å²) in [6.45, 7) is 14.2. The van der Waals surface area contributed by atoms with Gasteiger partial charge >= 0.3 is 0 Å². The van der Waals surface area contributed by atoms with Crippen LogP contribution in [-0.4, -0.2) is 34.0 Å². The van der Waals surface area contributed by atoms with Gasteiger partial charge < -0.3 is 0 Å². The van der Waals surface area contributed by atoms with Crippen LogP contribution < -0.4 is 0 Å². The molecule has 0 nitrogen and oxygen atoms in total. The van der Waals surface area contributed by atoms with Crippen molar-refractivity contribution in [1.82, 2.24) is 0 Å². The van der Waals surface area contributed by atoms with Crippen LogP contribution in [0.4, 0.5) is 0 Å². The summed E-state index contributed by atoms with van der Waals surface area (Å²) < 4.78 is 0. The first-order valence-corrected chi connectivity index (χ1v) is 24.9. The van der Waals surface area contributed by atoms with Crippen LogP contribution in [0.3, 0.4) is 0 Å². The second kappa shape index (κ2) is 31.5. The van der Waals surface area contributed by atoms with Crippen molar-refractivity contribution in [1.29, 1.82) is 0 Å². The summed E-state index contributed by atoms with van der Waals surface area (Å²) in [4.78, 5) is 0. The predicted octanol–water partition coefficient (Wildman–Crippen LogP) is 16.1. The van der Waals surface area contributed by atoms with Crippen LogP contribution >= 0.6 is 35.6 Å². The molecule has 0 rings (SSSR count). The van der Waals surface area contributed by atoms with Gasteiger partial charge in [0.25, 0.3) is 0 Å². The van der Waals surface area contributed by atoms with Crippen molar-refractivity contribution in [3.8, 4) is 0 Å². The van der Waals surface area contributed by atoms with Crippen molar-refractivity contribution in [3.05, 3.63) is 0 Å². The molecule has 3 unspecified atom stereocenters. The Morgan fingerprint density at radius 3 is 0.609 bits per heavy atom. The molecule has 0 fully saturated rings. The fourth-order valence-corrected chi connectivity index (χ4v) is 15.3. The van der Waals surface area contributed by atoms with Crippen molar-refractivity contribution in [2.75, 3.05) is 18.5 Å².